The lowest BCUT2D eigenvalue weighted by molar-refractivity contribution is -0.134. The van der Waals surface area contributed by atoms with E-state index in [1.807, 2.05) is 31.2 Å². The van der Waals surface area contributed by atoms with Crippen molar-refractivity contribution in [3.63, 3.8) is 0 Å². The largest absolute Gasteiger partial charge is 0.427 e. The maximum Gasteiger partial charge on any atom is 0.363 e. The zero-order valence-electron chi connectivity index (χ0n) is 14.0. The first kappa shape index (κ1) is 16.6. The first-order valence-corrected chi connectivity index (χ1v) is 7.95. The van der Waals surface area contributed by atoms with Crippen molar-refractivity contribution in [1.29, 1.82) is 0 Å². The Morgan fingerprint density at radius 3 is 2.68 bits per heavy atom. The summed E-state index contributed by atoms with van der Waals surface area (Å²) in [7, 11) is 0. The van der Waals surface area contributed by atoms with E-state index in [1.165, 1.54) is 0 Å². The average Bonchev–Trinajstić information content (AvgIpc) is 2.96. The average molecular weight is 335 g/mol. The molecule has 0 radical (unpaired) electrons. The fraction of sp³-hybridized carbons (Fsp3) is 0.150. The molecule has 5 heteroatoms. The van der Waals surface area contributed by atoms with Gasteiger partial charge in [0, 0.05) is 12.0 Å². The monoisotopic (exact) mass is 335 g/mol. The summed E-state index contributed by atoms with van der Waals surface area (Å²) in [6, 6.07) is 14.5. The van der Waals surface area contributed by atoms with Crippen LogP contribution in [0.4, 0.5) is 0 Å². The minimum absolute atomic E-state index is 0.203. The van der Waals surface area contributed by atoms with Gasteiger partial charge >= 0.3 is 11.9 Å². The van der Waals surface area contributed by atoms with E-state index < -0.39 is 5.97 Å². The number of cyclic esters (lactones) is 1. The van der Waals surface area contributed by atoms with Crippen LogP contribution in [0.3, 0.4) is 0 Å². The molecule has 0 bridgehead atoms. The van der Waals surface area contributed by atoms with E-state index in [-0.39, 0.29) is 17.6 Å². The fourth-order valence-electron chi connectivity index (χ4n) is 2.26. The second-order valence-electron chi connectivity index (χ2n) is 5.60. The number of carbonyl (C=O) groups is 2. The van der Waals surface area contributed by atoms with Gasteiger partial charge in [-0.2, -0.15) is 0 Å². The number of aliphatic imine (C=N–C) groups is 1. The molecule has 5 nitrogen and oxygen atoms in total. The van der Waals surface area contributed by atoms with Gasteiger partial charge in [0.1, 0.15) is 5.75 Å². The van der Waals surface area contributed by atoms with Crippen molar-refractivity contribution in [2.75, 3.05) is 0 Å². The van der Waals surface area contributed by atoms with E-state index in [4.69, 9.17) is 9.47 Å². The van der Waals surface area contributed by atoms with Gasteiger partial charge in [-0.3, -0.25) is 4.79 Å². The Balaban J connectivity index is 1.85. The molecule has 0 N–H and O–H groups in total. The Labute approximate surface area is 145 Å². The first-order chi connectivity index (χ1) is 12.0. The molecule has 1 aliphatic rings. The quantitative estimate of drug-likeness (QED) is 0.486. The van der Waals surface area contributed by atoms with Crippen LogP contribution in [-0.2, 0) is 14.3 Å². The van der Waals surface area contributed by atoms with Gasteiger partial charge in [-0.15, -0.1) is 0 Å². The van der Waals surface area contributed by atoms with Gasteiger partial charge in [0.15, 0.2) is 5.70 Å². The van der Waals surface area contributed by atoms with Crippen molar-refractivity contribution in [2.45, 2.75) is 20.3 Å². The highest BCUT2D eigenvalue weighted by molar-refractivity contribution is 6.12. The van der Waals surface area contributed by atoms with Gasteiger partial charge in [0.2, 0.25) is 5.90 Å². The number of rotatable bonds is 4. The van der Waals surface area contributed by atoms with Crippen molar-refractivity contribution in [2.24, 2.45) is 4.99 Å². The molecule has 0 aromatic heterocycles. The van der Waals surface area contributed by atoms with Crippen LogP contribution in [0.2, 0.25) is 0 Å². The summed E-state index contributed by atoms with van der Waals surface area (Å²) in [5.41, 5.74) is 2.76. The zero-order chi connectivity index (χ0) is 17.8. The third-order valence-electron chi connectivity index (χ3n) is 3.60. The summed E-state index contributed by atoms with van der Waals surface area (Å²) in [6.45, 7) is 3.71. The molecule has 0 spiro atoms. The molecule has 0 amide bonds. The molecule has 0 saturated carbocycles. The zero-order valence-corrected chi connectivity index (χ0v) is 14.0. The highest BCUT2D eigenvalue weighted by Gasteiger charge is 2.24. The van der Waals surface area contributed by atoms with Crippen LogP contribution >= 0.6 is 0 Å². The van der Waals surface area contributed by atoms with Crippen molar-refractivity contribution in [3.05, 3.63) is 70.9 Å². The van der Waals surface area contributed by atoms with Crippen molar-refractivity contribution in [3.8, 4) is 5.75 Å². The molecular weight excluding hydrogens is 318 g/mol. The van der Waals surface area contributed by atoms with Crippen LogP contribution in [0, 0.1) is 6.92 Å². The predicted molar refractivity (Wildman–Crippen MR) is 94.2 cm³/mol. The number of hydrogen-bond donors (Lipinski definition) is 0. The minimum Gasteiger partial charge on any atom is -0.427 e. The molecule has 0 atom stereocenters. The van der Waals surface area contributed by atoms with Crippen LogP contribution in [0.15, 0.2) is 59.2 Å². The maximum atomic E-state index is 12.0. The molecule has 1 aliphatic heterocycles. The molecule has 0 unspecified atom stereocenters. The number of ether oxygens (including phenoxy) is 2. The first-order valence-electron chi connectivity index (χ1n) is 7.95. The second-order valence-corrected chi connectivity index (χ2v) is 5.60. The predicted octanol–water partition coefficient (Wildman–Crippen LogP) is 3.65. The van der Waals surface area contributed by atoms with Crippen LogP contribution in [0.5, 0.6) is 5.75 Å². The number of carbonyl (C=O) groups excluding carboxylic acids is 2. The summed E-state index contributed by atoms with van der Waals surface area (Å²) in [5, 5.41) is 0. The summed E-state index contributed by atoms with van der Waals surface area (Å²) in [4.78, 5) is 27.7. The number of hydrogen-bond acceptors (Lipinski definition) is 5. The number of aryl methyl sites for hydroxylation is 1. The van der Waals surface area contributed by atoms with Crippen molar-refractivity contribution in [1.82, 2.24) is 0 Å². The molecule has 1 heterocycles. The Morgan fingerprint density at radius 1 is 1.20 bits per heavy atom. The second kappa shape index (κ2) is 7.13. The van der Waals surface area contributed by atoms with Gasteiger partial charge in [-0.05, 0) is 42.8 Å². The van der Waals surface area contributed by atoms with E-state index in [2.05, 4.69) is 4.99 Å². The normalized spacial score (nSPS) is 15.0. The molecule has 0 saturated heterocycles. The molecule has 0 aliphatic carbocycles. The lowest BCUT2D eigenvalue weighted by atomic mass is 10.1. The van der Waals surface area contributed by atoms with Gasteiger partial charge in [0.05, 0.1) is 0 Å². The standard InChI is InChI=1S/C20H17NO4/c1-3-18(22)24-16-6-4-5-14(11-16)12-17-20(23)25-19(21-17)15-9-7-13(2)8-10-15/h4-12H,3H2,1-2H3/b17-12+. The van der Waals surface area contributed by atoms with E-state index in [0.29, 0.717) is 17.7 Å². The molecule has 25 heavy (non-hydrogen) atoms. The highest BCUT2D eigenvalue weighted by atomic mass is 16.6. The van der Waals surface area contributed by atoms with Gasteiger partial charge in [0.25, 0.3) is 0 Å². The van der Waals surface area contributed by atoms with Crippen LogP contribution in [0.25, 0.3) is 6.08 Å². The third-order valence-corrected chi connectivity index (χ3v) is 3.60. The summed E-state index contributed by atoms with van der Waals surface area (Å²) < 4.78 is 10.4. The number of benzene rings is 2. The topological polar surface area (TPSA) is 65.0 Å². The van der Waals surface area contributed by atoms with Crippen LogP contribution in [0.1, 0.15) is 30.0 Å². The summed E-state index contributed by atoms with van der Waals surface area (Å²) in [6.07, 6.45) is 1.90. The minimum atomic E-state index is -0.508. The molecular formula is C20H17NO4. The van der Waals surface area contributed by atoms with Crippen LogP contribution < -0.4 is 4.74 Å². The SMILES string of the molecule is CCC(=O)Oc1cccc(/C=C2/N=C(c3ccc(C)cc3)OC2=O)c1. The maximum absolute atomic E-state index is 12.0. The van der Waals surface area contributed by atoms with Crippen molar-refractivity contribution >= 4 is 23.9 Å². The van der Waals surface area contributed by atoms with Gasteiger partial charge in [-0.1, -0.05) is 36.8 Å². The molecule has 2 aromatic carbocycles. The molecule has 0 fully saturated rings. The molecule has 2 aromatic rings. The summed E-state index contributed by atoms with van der Waals surface area (Å²) >= 11 is 0. The summed E-state index contributed by atoms with van der Waals surface area (Å²) in [5.74, 6) is -0.114. The Bertz CT molecular complexity index is 879. The lowest BCUT2D eigenvalue weighted by Crippen LogP contribution is -2.05. The van der Waals surface area contributed by atoms with E-state index in [1.54, 1.807) is 37.3 Å². The Morgan fingerprint density at radius 2 is 1.96 bits per heavy atom. The number of esters is 2. The van der Waals surface area contributed by atoms with Gasteiger partial charge in [-0.25, -0.2) is 9.79 Å². The van der Waals surface area contributed by atoms with E-state index in [0.717, 1.165) is 11.1 Å². The Hall–Kier alpha value is -3.21. The third kappa shape index (κ3) is 4.01. The van der Waals surface area contributed by atoms with Crippen molar-refractivity contribution < 1.29 is 19.1 Å². The number of nitrogens with zero attached hydrogens (tertiary/aromatic N) is 1. The highest BCUT2D eigenvalue weighted by Crippen LogP contribution is 2.21. The Kier molecular flexibility index (Phi) is 4.75. The van der Waals surface area contributed by atoms with Crippen LogP contribution in [-0.4, -0.2) is 17.8 Å². The van der Waals surface area contributed by atoms with Gasteiger partial charge < -0.3 is 9.47 Å². The fourth-order valence-corrected chi connectivity index (χ4v) is 2.26. The molecule has 3 rings (SSSR count). The van der Waals surface area contributed by atoms with E-state index in [9.17, 15) is 9.59 Å². The van der Waals surface area contributed by atoms with E-state index >= 15 is 0 Å². The molecule has 126 valence electrons. The lowest BCUT2D eigenvalue weighted by Gasteiger charge is -2.03. The smallest absolute Gasteiger partial charge is 0.363 e.